The van der Waals surface area contributed by atoms with Gasteiger partial charge in [-0.3, -0.25) is 9.59 Å². The second kappa shape index (κ2) is 11.4. The van der Waals surface area contributed by atoms with Gasteiger partial charge in [0.2, 0.25) is 5.91 Å². The molecule has 0 saturated carbocycles. The maximum atomic E-state index is 12.5. The monoisotopic (exact) mass is 503 g/mol. The number of nitrogens with one attached hydrogen (secondary N) is 2. The maximum absolute atomic E-state index is 12.5. The minimum atomic E-state index is -0.316. The van der Waals surface area contributed by atoms with Crippen LogP contribution in [0.15, 0.2) is 54.2 Å². The predicted molar refractivity (Wildman–Crippen MR) is 133 cm³/mol. The SMILES string of the molecule is C=CCn1c(CNC(=O)c2ccc(Cl)c(Cl)c2)nnc1SCC(=O)Nc1c(C)cccc1C. The summed E-state index contributed by atoms with van der Waals surface area (Å²) < 4.78 is 1.80. The number of nitrogens with zero attached hydrogens (tertiary/aromatic N) is 3. The molecule has 2 amide bonds. The van der Waals surface area contributed by atoms with Gasteiger partial charge in [-0.05, 0) is 43.2 Å². The summed E-state index contributed by atoms with van der Waals surface area (Å²) in [6, 6.07) is 10.5. The molecule has 0 atom stereocenters. The van der Waals surface area contributed by atoms with Gasteiger partial charge in [-0.1, -0.05) is 59.2 Å². The summed E-state index contributed by atoms with van der Waals surface area (Å²) in [6.45, 7) is 8.26. The van der Waals surface area contributed by atoms with Crippen molar-refractivity contribution in [1.82, 2.24) is 20.1 Å². The first-order valence-corrected chi connectivity index (χ1v) is 11.8. The van der Waals surface area contributed by atoms with Crippen molar-refractivity contribution in [3.05, 3.63) is 81.6 Å². The molecule has 0 spiro atoms. The number of para-hydroxylation sites is 1. The predicted octanol–water partition coefficient (Wildman–Crippen LogP) is 5.05. The van der Waals surface area contributed by atoms with Crippen molar-refractivity contribution in [1.29, 1.82) is 0 Å². The number of aromatic nitrogens is 3. The van der Waals surface area contributed by atoms with E-state index in [1.54, 1.807) is 22.8 Å². The number of anilines is 1. The highest BCUT2D eigenvalue weighted by Crippen LogP contribution is 2.23. The van der Waals surface area contributed by atoms with Gasteiger partial charge in [0.05, 0.1) is 22.3 Å². The van der Waals surface area contributed by atoms with Crippen LogP contribution >= 0.6 is 35.0 Å². The summed E-state index contributed by atoms with van der Waals surface area (Å²) in [7, 11) is 0. The molecule has 0 unspecified atom stereocenters. The number of hydrogen-bond acceptors (Lipinski definition) is 5. The van der Waals surface area contributed by atoms with E-state index in [1.165, 1.54) is 17.8 Å². The van der Waals surface area contributed by atoms with E-state index in [0.29, 0.717) is 33.1 Å². The molecule has 0 aliphatic carbocycles. The highest BCUT2D eigenvalue weighted by atomic mass is 35.5. The zero-order chi connectivity index (χ0) is 24.0. The van der Waals surface area contributed by atoms with Gasteiger partial charge in [0.1, 0.15) is 0 Å². The van der Waals surface area contributed by atoms with Crippen LogP contribution in [-0.2, 0) is 17.9 Å². The Morgan fingerprint density at radius 2 is 1.85 bits per heavy atom. The zero-order valence-corrected chi connectivity index (χ0v) is 20.5. The van der Waals surface area contributed by atoms with Crippen molar-refractivity contribution in [2.45, 2.75) is 32.1 Å². The molecule has 0 bridgehead atoms. The number of aryl methyl sites for hydroxylation is 2. The molecule has 1 heterocycles. The highest BCUT2D eigenvalue weighted by molar-refractivity contribution is 7.99. The molecule has 33 heavy (non-hydrogen) atoms. The van der Waals surface area contributed by atoms with Crippen LogP contribution in [0.25, 0.3) is 0 Å². The van der Waals surface area contributed by atoms with Gasteiger partial charge in [-0.15, -0.1) is 16.8 Å². The molecule has 0 fully saturated rings. The molecule has 0 aliphatic rings. The number of benzene rings is 2. The second-order valence-electron chi connectivity index (χ2n) is 7.21. The van der Waals surface area contributed by atoms with Crippen LogP contribution in [0.3, 0.4) is 0 Å². The number of allylic oxidation sites excluding steroid dienone is 1. The number of carbonyl (C=O) groups is 2. The number of thioether (sulfide) groups is 1. The van der Waals surface area contributed by atoms with Gasteiger partial charge >= 0.3 is 0 Å². The van der Waals surface area contributed by atoms with E-state index in [-0.39, 0.29) is 24.1 Å². The van der Waals surface area contributed by atoms with Crippen molar-refractivity contribution < 1.29 is 9.59 Å². The normalized spacial score (nSPS) is 10.7. The lowest BCUT2D eigenvalue weighted by molar-refractivity contribution is -0.113. The molecule has 2 N–H and O–H groups in total. The standard InChI is InChI=1S/C23H23Cl2N5O2S/c1-4-10-30-19(12-26-22(32)16-8-9-17(24)18(25)11-16)28-29-23(30)33-13-20(31)27-21-14(2)6-5-7-15(21)3/h4-9,11H,1,10,12-13H2,2-3H3,(H,26,32)(H,27,31). The molecule has 0 saturated heterocycles. The van der Waals surface area contributed by atoms with E-state index < -0.39 is 0 Å². The van der Waals surface area contributed by atoms with E-state index in [2.05, 4.69) is 27.4 Å². The zero-order valence-electron chi connectivity index (χ0n) is 18.2. The van der Waals surface area contributed by atoms with Crippen molar-refractivity contribution in [3.8, 4) is 0 Å². The smallest absolute Gasteiger partial charge is 0.251 e. The first-order valence-electron chi connectivity index (χ1n) is 10.0. The first kappa shape index (κ1) is 24.8. The summed E-state index contributed by atoms with van der Waals surface area (Å²) in [5.41, 5.74) is 3.21. The lowest BCUT2D eigenvalue weighted by atomic mass is 10.1. The third-order valence-corrected chi connectivity index (χ3v) is 6.48. The number of halogens is 2. The summed E-state index contributed by atoms with van der Waals surface area (Å²) in [5.74, 6) is 0.253. The molecule has 2 aromatic carbocycles. The Balaban J connectivity index is 1.63. The molecule has 7 nitrogen and oxygen atoms in total. The Labute approximate surface area is 206 Å². The minimum Gasteiger partial charge on any atom is -0.345 e. The topological polar surface area (TPSA) is 88.9 Å². The molecule has 3 aromatic rings. The fourth-order valence-corrected chi connectivity index (χ4v) is 4.15. The van der Waals surface area contributed by atoms with Gasteiger partial charge in [0.15, 0.2) is 11.0 Å². The second-order valence-corrected chi connectivity index (χ2v) is 8.97. The van der Waals surface area contributed by atoms with E-state index >= 15 is 0 Å². The molecule has 0 radical (unpaired) electrons. The minimum absolute atomic E-state index is 0.139. The molecular formula is C23H23Cl2N5O2S. The fourth-order valence-electron chi connectivity index (χ4n) is 3.08. The van der Waals surface area contributed by atoms with E-state index in [0.717, 1.165) is 16.8 Å². The van der Waals surface area contributed by atoms with Crippen molar-refractivity contribution >= 4 is 52.5 Å². The van der Waals surface area contributed by atoms with E-state index in [4.69, 9.17) is 23.2 Å². The third-order valence-electron chi connectivity index (χ3n) is 4.77. The number of amides is 2. The lowest BCUT2D eigenvalue weighted by Crippen LogP contribution is -2.25. The summed E-state index contributed by atoms with van der Waals surface area (Å²) >= 11 is 13.2. The quantitative estimate of drug-likeness (QED) is 0.315. The van der Waals surface area contributed by atoms with E-state index in [9.17, 15) is 9.59 Å². The van der Waals surface area contributed by atoms with Crippen molar-refractivity contribution in [2.24, 2.45) is 0 Å². The molecule has 10 heteroatoms. The Hall–Kier alpha value is -2.81. The van der Waals surface area contributed by atoms with Crippen LogP contribution in [0.5, 0.6) is 0 Å². The Morgan fingerprint density at radius 1 is 1.12 bits per heavy atom. The number of hydrogen-bond donors (Lipinski definition) is 2. The van der Waals surface area contributed by atoms with Crippen molar-refractivity contribution in [3.63, 3.8) is 0 Å². The number of carbonyl (C=O) groups excluding carboxylic acids is 2. The first-order chi connectivity index (χ1) is 15.8. The van der Waals surface area contributed by atoms with Crippen LogP contribution in [-0.4, -0.2) is 32.3 Å². The number of rotatable bonds is 9. The Bertz CT molecular complexity index is 1180. The summed E-state index contributed by atoms with van der Waals surface area (Å²) in [6.07, 6.45) is 1.70. The Kier molecular flexibility index (Phi) is 8.55. The van der Waals surface area contributed by atoms with Gasteiger partial charge in [-0.2, -0.15) is 0 Å². The largest absolute Gasteiger partial charge is 0.345 e. The molecule has 3 rings (SSSR count). The molecule has 1 aromatic heterocycles. The van der Waals surface area contributed by atoms with Crippen LogP contribution in [0.2, 0.25) is 10.0 Å². The summed E-state index contributed by atoms with van der Waals surface area (Å²) in [4.78, 5) is 25.0. The maximum Gasteiger partial charge on any atom is 0.251 e. The third kappa shape index (κ3) is 6.37. The van der Waals surface area contributed by atoms with Gasteiger partial charge in [0, 0.05) is 17.8 Å². The molecular weight excluding hydrogens is 481 g/mol. The lowest BCUT2D eigenvalue weighted by Gasteiger charge is -2.12. The average Bonchev–Trinajstić information content (AvgIpc) is 3.17. The van der Waals surface area contributed by atoms with Crippen LogP contribution < -0.4 is 10.6 Å². The fraction of sp³-hybridized carbons (Fsp3) is 0.217. The van der Waals surface area contributed by atoms with Crippen LogP contribution in [0, 0.1) is 13.8 Å². The van der Waals surface area contributed by atoms with Crippen molar-refractivity contribution in [2.75, 3.05) is 11.1 Å². The van der Waals surface area contributed by atoms with Crippen LogP contribution in [0.4, 0.5) is 5.69 Å². The molecule has 0 aliphatic heterocycles. The summed E-state index contributed by atoms with van der Waals surface area (Å²) in [5, 5.41) is 15.4. The molecule has 172 valence electrons. The van der Waals surface area contributed by atoms with Gasteiger partial charge in [-0.25, -0.2) is 0 Å². The van der Waals surface area contributed by atoms with Crippen LogP contribution in [0.1, 0.15) is 27.3 Å². The van der Waals surface area contributed by atoms with E-state index in [1.807, 2.05) is 32.0 Å². The highest BCUT2D eigenvalue weighted by Gasteiger charge is 2.16. The van der Waals surface area contributed by atoms with Gasteiger partial charge < -0.3 is 15.2 Å². The average molecular weight is 504 g/mol. The Morgan fingerprint density at radius 3 is 2.52 bits per heavy atom. The van der Waals surface area contributed by atoms with Gasteiger partial charge in [0.25, 0.3) is 5.91 Å².